The number of hydrogen-bond donors (Lipinski definition) is 1. The third-order valence-corrected chi connectivity index (χ3v) is 8.34. The summed E-state index contributed by atoms with van der Waals surface area (Å²) in [5.74, 6) is -0.705. The number of nitrogens with one attached hydrogen (secondary N) is 1. The summed E-state index contributed by atoms with van der Waals surface area (Å²) in [5, 5.41) is 3.15. The largest absolute Gasteiger partial charge is 0.351 e. The van der Waals surface area contributed by atoms with Crippen LogP contribution in [0.3, 0.4) is 0 Å². The molecule has 1 aromatic carbocycles. The number of sulfonamides is 1. The highest BCUT2D eigenvalue weighted by Gasteiger charge is 2.51. The number of amides is 2. The van der Waals surface area contributed by atoms with Crippen LogP contribution in [0.25, 0.3) is 0 Å². The number of nitrogens with zero attached hydrogens (tertiary/aromatic N) is 2. The lowest BCUT2D eigenvalue weighted by atomic mass is 9.93. The summed E-state index contributed by atoms with van der Waals surface area (Å²) < 4.78 is 26.8. The fraction of sp³-hybridized carbons (Fsp3) is 0.652. The van der Waals surface area contributed by atoms with Crippen molar-refractivity contribution in [3.63, 3.8) is 0 Å². The number of hydrogen-bond acceptors (Lipinski definition) is 4. The number of aryl methyl sites for hydroxylation is 1. The van der Waals surface area contributed by atoms with Gasteiger partial charge in [-0.05, 0) is 45.2 Å². The number of carbonyl (C=O) groups excluding carboxylic acids is 2. The van der Waals surface area contributed by atoms with Gasteiger partial charge in [-0.2, -0.15) is 4.31 Å². The first-order valence-corrected chi connectivity index (χ1v) is 13.0. The summed E-state index contributed by atoms with van der Waals surface area (Å²) >= 11 is 0. The molecule has 1 saturated heterocycles. The fourth-order valence-corrected chi connectivity index (χ4v) is 6.14. The lowest BCUT2D eigenvalue weighted by Crippen LogP contribution is -2.71. The van der Waals surface area contributed by atoms with Gasteiger partial charge < -0.3 is 5.32 Å². The Labute approximate surface area is 186 Å². The minimum absolute atomic E-state index is 0.0366. The van der Waals surface area contributed by atoms with Gasteiger partial charge in [0, 0.05) is 18.3 Å². The van der Waals surface area contributed by atoms with Crippen LogP contribution >= 0.6 is 0 Å². The molecule has 7 nitrogen and oxygen atoms in total. The van der Waals surface area contributed by atoms with Crippen LogP contribution in [0, 0.1) is 6.92 Å². The lowest BCUT2D eigenvalue weighted by molar-refractivity contribution is -0.133. The Balaban J connectivity index is 1.95. The average Bonchev–Trinajstić information content (AvgIpc) is 2.97. The van der Waals surface area contributed by atoms with Crippen LogP contribution in [0.2, 0.25) is 0 Å². The van der Waals surface area contributed by atoms with Crippen LogP contribution in [0.15, 0.2) is 24.3 Å². The first-order chi connectivity index (χ1) is 14.7. The van der Waals surface area contributed by atoms with E-state index in [1.807, 2.05) is 31.2 Å². The zero-order valence-electron chi connectivity index (χ0n) is 18.9. The van der Waals surface area contributed by atoms with Crippen molar-refractivity contribution in [1.82, 2.24) is 9.62 Å². The summed E-state index contributed by atoms with van der Waals surface area (Å²) in [5.41, 5.74) is 0.337. The molecule has 0 aromatic heterocycles. The van der Waals surface area contributed by atoms with Gasteiger partial charge in [0.2, 0.25) is 21.8 Å². The van der Waals surface area contributed by atoms with Gasteiger partial charge in [-0.1, -0.05) is 50.3 Å². The third kappa shape index (κ3) is 5.29. The van der Waals surface area contributed by atoms with Crippen molar-refractivity contribution in [2.75, 3.05) is 23.7 Å². The Morgan fingerprint density at radius 1 is 1.13 bits per heavy atom. The van der Waals surface area contributed by atoms with Crippen LogP contribution < -0.4 is 10.2 Å². The van der Waals surface area contributed by atoms with Gasteiger partial charge in [-0.3, -0.25) is 14.5 Å². The summed E-state index contributed by atoms with van der Waals surface area (Å²) in [6, 6.07) is 7.49. The molecule has 1 aliphatic heterocycles. The van der Waals surface area contributed by atoms with Gasteiger partial charge in [0.1, 0.15) is 5.54 Å². The Morgan fingerprint density at radius 2 is 1.74 bits per heavy atom. The molecule has 0 bridgehead atoms. The first kappa shape index (κ1) is 23.7. The second-order valence-corrected chi connectivity index (χ2v) is 11.2. The third-order valence-electron chi connectivity index (χ3n) is 6.37. The number of anilines is 1. The highest BCUT2D eigenvalue weighted by molar-refractivity contribution is 7.89. The second kappa shape index (κ2) is 9.69. The normalized spacial score (nSPS) is 24.1. The zero-order valence-corrected chi connectivity index (χ0v) is 19.7. The Bertz CT molecular complexity index is 892. The van der Waals surface area contributed by atoms with Crippen LogP contribution in [-0.2, 0) is 19.6 Å². The first-order valence-electron chi connectivity index (χ1n) is 11.4. The maximum Gasteiger partial charge on any atom is 0.247 e. The molecular weight excluding hydrogens is 414 g/mol. The maximum absolute atomic E-state index is 13.6. The van der Waals surface area contributed by atoms with Gasteiger partial charge in [-0.15, -0.1) is 0 Å². The van der Waals surface area contributed by atoms with E-state index >= 15 is 0 Å². The van der Waals surface area contributed by atoms with Gasteiger partial charge in [0.05, 0.1) is 12.3 Å². The Morgan fingerprint density at radius 3 is 2.32 bits per heavy atom. The fourth-order valence-electron chi connectivity index (χ4n) is 4.61. The molecule has 1 aliphatic carbocycles. The van der Waals surface area contributed by atoms with Gasteiger partial charge >= 0.3 is 0 Å². The van der Waals surface area contributed by atoms with E-state index in [0.29, 0.717) is 12.1 Å². The molecule has 31 heavy (non-hydrogen) atoms. The summed E-state index contributed by atoms with van der Waals surface area (Å²) in [6.45, 7) is 5.14. The Hall–Kier alpha value is -1.93. The van der Waals surface area contributed by atoms with Crippen molar-refractivity contribution in [2.45, 2.75) is 77.3 Å². The summed E-state index contributed by atoms with van der Waals surface area (Å²) in [7, 11) is -3.62. The molecule has 1 atom stereocenters. The molecule has 1 unspecified atom stereocenters. The van der Waals surface area contributed by atoms with E-state index in [1.165, 1.54) is 22.0 Å². The number of piperazine rings is 1. The predicted molar refractivity (Wildman–Crippen MR) is 122 cm³/mol. The highest BCUT2D eigenvalue weighted by atomic mass is 32.2. The van der Waals surface area contributed by atoms with Crippen molar-refractivity contribution >= 4 is 27.5 Å². The van der Waals surface area contributed by atoms with Gasteiger partial charge in [0.15, 0.2) is 0 Å². The van der Waals surface area contributed by atoms with Crippen LogP contribution in [0.5, 0.6) is 0 Å². The quantitative estimate of drug-likeness (QED) is 0.677. The smallest absolute Gasteiger partial charge is 0.247 e. The number of benzene rings is 1. The highest BCUT2D eigenvalue weighted by Crippen LogP contribution is 2.32. The predicted octanol–water partition coefficient (Wildman–Crippen LogP) is 2.98. The zero-order chi connectivity index (χ0) is 22.6. The monoisotopic (exact) mass is 449 g/mol. The molecule has 0 radical (unpaired) electrons. The number of rotatable bonds is 6. The van der Waals surface area contributed by atoms with E-state index in [0.717, 1.165) is 31.2 Å². The van der Waals surface area contributed by atoms with E-state index < -0.39 is 15.6 Å². The molecule has 0 spiro atoms. The summed E-state index contributed by atoms with van der Waals surface area (Å²) in [6.07, 6.45) is 6.76. The van der Waals surface area contributed by atoms with E-state index in [4.69, 9.17) is 0 Å². The van der Waals surface area contributed by atoms with Crippen molar-refractivity contribution in [2.24, 2.45) is 0 Å². The maximum atomic E-state index is 13.6. The topological polar surface area (TPSA) is 86.8 Å². The van der Waals surface area contributed by atoms with Crippen molar-refractivity contribution in [3.05, 3.63) is 29.8 Å². The molecule has 2 amide bonds. The van der Waals surface area contributed by atoms with E-state index in [-0.39, 0.29) is 36.7 Å². The SMILES string of the molecule is CCCS(=O)(=O)N1CC(=O)N(c2ccc(C)cc2)C(C)(C(=O)NC2CCCCCC2)C1. The van der Waals surface area contributed by atoms with Crippen molar-refractivity contribution in [3.8, 4) is 0 Å². The molecular formula is C23H35N3O4S. The lowest BCUT2D eigenvalue weighted by Gasteiger charge is -2.47. The second-order valence-electron chi connectivity index (χ2n) is 9.08. The molecule has 1 heterocycles. The Kier molecular flexibility index (Phi) is 7.42. The molecule has 1 N–H and O–H groups in total. The molecule has 3 rings (SSSR count). The van der Waals surface area contributed by atoms with Gasteiger partial charge in [0.25, 0.3) is 0 Å². The molecule has 2 aliphatic rings. The van der Waals surface area contributed by atoms with Crippen molar-refractivity contribution < 1.29 is 18.0 Å². The van der Waals surface area contributed by atoms with Crippen molar-refractivity contribution in [1.29, 1.82) is 0 Å². The molecule has 1 saturated carbocycles. The minimum atomic E-state index is -3.62. The van der Waals surface area contributed by atoms with E-state index in [2.05, 4.69) is 5.32 Å². The van der Waals surface area contributed by atoms with Gasteiger partial charge in [-0.25, -0.2) is 8.42 Å². The standard InChI is InChI=1S/C23H35N3O4S/c1-4-15-31(29,30)25-16-21(27)26(20-13-11-18(2)12-14-20)23(3,17-25)22(28)24-19-9-7-5-6-8-10-19/h11-14,19H,4-10,15-17H2,1-3H3,(H,24,28). The number of carbonyl (C=O) groups is 2. The van der Waals surface area contributed by atoms with E-state index in [1.54, 1.807) is 13.8 Å². The minimum Gasteiger partial charge on any atom is -0.351 e. The molecule has 1 aromatic rings. The summed E-state index contributed by atoms with van der Waals surface area (Å²) in [4.78, 5) is 28.3. The van der Waals surface area contributed by atoms with Crippen LogP contribution in [0.1, 0.15) is 64.4 Å². The van der Waals surface area contributed by atoms with E-state index in [9.17, 15) is 18.0 Å². The van der Waals surface area contributed by atoms with Crippen LogP contribution in [0.4, 0.5) is 5.69 Å². The van der Waals surface area contributed by atoms with Crippen LogP contribution in [-0.4, -0.2) is 55.0 Å². The molecule has 2 fully saturated rings. The average molecular weight is 450 g/mol. The molecule has 8 heteroatoms. The molecule has 172 valence electrons.